The zero-order valence-electron chi connectivity index (χ0n) is 13.5. The molecule has 24 heavy (non-hydrogen) atoms. The molecular formula is C21H19NO2. The van der Waals surface area contributed by atoms with E-state index in [1.807, 2.05) is 42.5 Å². The monoisotopic (exact) mass is 317 g/mol. The van der Waals surface area contributed by atoms with Gasteiger partial charge in [0.25, 0.3) is 0 Å². The lowest BCUT2D eigenvalue weighted by atomic mass is 10.1. The van der Waals surface area contributed by atoms with Crippen LogP contribution in [0.4, 0.5) is 5.69 Å². The first kappa shape index (κ1) is 14.8. The molecule has 3 heteroatoms. The molecule has 0 heterocycles. The number of fused-ring (bicyclic) bond motifs is 1. The molecule has 4 rings (SSSR count). The van der Waals surface area contributed by atoms with Crippen molar-refractivity contribution in [2.45, 2.75) is 12.3 Å². The van der Waals surface area contributed by atoms with Gasteiger partial charge >= 0.3 is 0 Å². The lowest BCUT2D eigenvalue weighted by Gasteiger charge is -2.09. The number of amides is 1. The quantitative estimate of drug-likeness (QED) is 0.764. The Bertz CT molecular complexity index is 880. The largest absolute Gasteiger partial charge is 0.497 e. The van der Waals surface area contributed by atoms with Crippen molar-refractivity contribution in [3.05, 3.63) is 72.3 Å². The molecule has 3 nitrogen and oxygen atoms in total. The molecule has 1 amide bonds. The van der Waals surface area contributed by atoms with Crippen molar-refractivity contribution in [1.82, 2.24) is 0 Å². The molecule has 1 aliphatic carbocycles. The summed E-state index contributed by atoms with van der Waals surface area (Å²) in [6.45, 7) is 0. The molecular weight excluding hydrogens is 298 g/mol. The van der Waals surface area contributed by atoms with Crippen LogP contribution in [0.3, 0.4) is 0 Å². The fraction of sp³-hybridized carbons (Fsp3) is 0.190. The number of hydrogen-bond acceptors (Lipinski definition) is 2. The van der Waals surface area contributed by atoms with Gasteiger partial charge in [-0.1, -0.05) is 48.5 Å². The first-order chi connectivity index (χ1) is 11.8. The summed E-state index contributed by atoms with van der Waals surface area (Å²) in [5.74, 6) is 1.31. The molecule has 0 bridgehead atoms. The number of carbonyl (C=O) groups is 1. The molecule has 120 valence electrons. The van der Waals surface area contributed by atoms with Crippen LogP contribution in [0.5, 0.6) is 5.75 Å². The predicted octanol–water partition coefficient (Wildman–Crippen LogP) is 4.59. The SMILES string of the molecule is COc1ccc(C2CC2C(=O)Nc2cccc3ccccc23)cc1. The van der Waals surface area contributed by atoms with E-state index < -0.39 is 0 Å². The second-order valence-corrected chi connectivity index (χ2v) is 6.24. The van der Waals surface area contributed by atoms with Gasteiger partial charge < -0.3 is 10.1 Å². The van der Waals surface area contributed by atoms with Gasteiger partial charge in [0.2, 0.25) is 5.91 Å². The fourth-order valence-corrected chi connectivity index (χ4v) is 3.26. The van der Waals surface area contributed by atoms with E-state index in [1.165, 1.54) is 5.56 Å². The van der Waals surface area contributed by atoms with Crippen molar-refractivity contribution >= 4 is 22.4 Å². The number of carbonyl (C=O) groups excluding carboxylic acids is 1. The third-order valence-corrected chi connectivity index (χ3v) is 4.72. The van der Waals surface area contributed by atoms with Crippen LogP contribution in [-0.2, 0) is 4.79 Å². The Labute approximate surface area is 141 Å². The molecule has 1 fully saturated rings. The van der Waals surface area contributed by atoms with Gasteiger partial charge in [0.05, 0.1) is 7.11 Å². The van der Waals surface area contributed by atoms with Gasteiger partial charge in [0.15, 0.2) is 0 Å². The average Bonchev–Trinajstić information content (AvgIpc) is 3.43. The molecule has 2 unspecified atom stereocenters. The summed E-state index contributed by atoms with van der Waals surface area (Å²) in [5, 5.41) is 5.32. The topological polar surface area (TPSA) is 38.3 Å². The maximum atomic E-state index is 12.6. The number of methoxy groups -OCH3 is 1. The minimum absolute atomic E-state index is 0.0531. The fourth-order valence-electron chi connectivity index (χ4n) is 3.26. The summed E-state index contributed by atoms with van der Waals surface area (Å²) >= 11 is 0. The number of ether oxygens (including phenoxy) is 1. The van der Waals surface area contributed by atoms with Gasteiger partial charge in [-0.05, 0) is 41.5 Å². The average molecular weight is 317 g/mol. The molecule has 1 saturated carbocycles. The Kier molecular flexibility index (Phi) is 3.69. The minimum Gasteiger partial charge on any atom is -0.497 e. The van der Waals surface area contributed by atoms with Crippen molar-refractivity contribution in [1.29, 1.82) is 0 Å². The number of anilines is 1. The van der Waals surface area contributed by atoms with Crippen LogP contribution in [0.1, 0.15) is 17.9 Å². The van der Waals surface area contributed by atoms with Crippen molar-refractivity contribution in [3.63, 3.8) is 0 Å². The number of rotatable bonds is 4. The highest BCUT2D eigenvalue weighted by Gasteiger charge is 2.43. The van der Waals surface area contributed by atoms with E-state index in [0.717, 1.165) is 28.6 Å². The first-order valence-electron chi connectivity index (χ1n) is 8.19. The third-order valence-electron chi connectivity index (χ3n) is 4.72. The van der Waals surface area contributed by atoms with E-state index in [1.54, 1.807) is 7.11 Å². The second kappa shape index (κ2) is 6.00. The van der Waals surface area contributed by atoms with Crippen LogP contribution in [0.2, 0.25) is 0 Å². The lowest BCUT2D eigenvalue weighted by Crippen LogP contribution is -2.14. The van der Waals surface area contributed by atoms with Gasteiger partial charge in [-0.2, -0.15) is 0 Å². The van der Waals surface area contributed by atoms with Gasteiger partial charge in [0.1, 0.15) is 5.75 Å². The summed E-state index contributed by atoms with van der Waals surface area (Å²) in [6.07, 6.45) is 0.906. The Balaban J connectivity index is 1.49. The van der Waals surface area contributed by atoms with Crippen molar-refractivity contribution in [3.8, 4) is 5.75 Å². The minimum atomic E-state index is 0.0531. The molecule has 3 aromatic carbocycles. The zero-order chi connectivity index (χ0) is 16.5. The summed E-state index contributed by atoms with van der Waals surface area (Å²) in [4.78, 5) is 12.6. The summed E-state index contributed by atoms with van der Waals surface area (Å²) in [7, 11) is 1.66. The zero-order valence-corrected chi connectivity index (χ0v) is 13.5. The Hall–Kier alpha value is -2.81. The molecule has 2 atom stereocenters. The molecule has 0 spiro atoms. The normalized spacial score (nSPS) is 19.0. The standard InChI is InChI=1S/C21H19NO2/c1-24-16-11-9-15(10-12-16)18-13-19(18)21(23)22-20-8-4-6-14-5-2-3-7-17(14)20/h2-12,18-19H,13H2,1H3,(H,22,23). The Morgan fingerprint density at radius 3 is 2.54 bits per heavy atom. The van der Waals surface area contributed by atoms with E-state index >= 15 is 0 Å². The molecule has 0 aromatic heterocycles. The summed E-state index contributed by atoms with van der Waals surface area (Å²) in [6, 6.07) is 22.1. The highest BCUT2D eigenvalue weighted by molar-refractivity contribution is 6.03. The molecule has 3 aromatic rings. The van der Waals surface area contributed by atoms with E-state index in [9.17, 15) is 4.79 Å². The highest BCUT2D eigenvalue weighted by atomic mass is 16.5. The van der Waals surface area contributed by atoms with E-state index in [0.29, 0.717) is 5.92 Å². The smallest absolute Gasteiger partial charge is 0.228 e. The summed E-state index contributed by atoms with van der Waals surface area (Å²) in [5.41, 5.74) is 2.09. The Morgan fingerprint density at radius 1 is 1.00 bits per heavy atom. The van der Waals surface area contributed by atoms with Gasteiger partial charge in [-0.15, -0.1) is 0 Å². The van der Waals surface area contributed by atoms with Crippen LogP contribution in [0.15, 0.2) is 66.7 Å². The first-order valence-corrected chi connectivity index (χ1v) is 8.19. The van der Waals surface area contributed by atoms with Crippen molar-refractivity contribution < 1.29 is 9.53 Å². The van der Waals surface area contributed by atoms with Gasteiger partial charge in [-0.3, -0.25) is 4.79 Å². The summed E-state index contributed by atoms with van der Waals surface area (Å²) < 4.78 is 5.18. The third kappa shape index (κ3) is 2.73. The molecule has 0 saturated heterocycles. The number of nitrogens with one attached hydrogen (secondary N) is 1. The van der Waals surface area contributed by atoms with Crippen LogP contribution in [0, 0.1) is 5.92 Å². The predicted molar refractivity (Wildman–Crippen MR) is 96.4 cm³/mol. The highest BCUT2D eigenvalue weighted by Crippen LogP contribution is 2.48. The number of benzene rings is 3. The molecule has 1 aliphatic rings. The van der Waals surface area contributed by atoms with E-state index in [-0.39, 0.29) is 11.8 Å². The second-order valence-electron chi connectivity index (χ2n) is 6.24. The Morgan fingerprint density at radius 2 is 1.75 bits per heavy atom. The number of hydrogen-bond donors (Lipinski definition) is 1. The van der Waals surface area contributed by atoms with Crippen molar-refractivity contribution in [2.24, 2.45) is 5.92 Å². The van der Waals surface area contributed by atoms with Gasteiger partial charge in [-0.25, -0.2) is 0 Å². The van der Waals surface area contributed by atoms with Crippen LogP contribution >= 0.6 is 0 Å². The lowest BCUT2D eigenvalue weighted by molar-refractivity contribution is -0.117. The van der Waals surface area contributed by atoms with Crippen molar-refractivity contribution in [2.75, 3.05) is 12.4 Å². The van der Waals surface area contributed by atoms with Crippen LogP contribution < -0.4 is 10.1 Å². The molecule has 1 N–H and O–H groups in total. The maximum absolute atomic E-state index is 12.6. The van der Waals surface area contributed by atoms with E-state index in [2.05, 4.69) is 29.6 Å². The van der Waals surface area contributed by atoms with Gasteiger partial charge in [0, 0.05) is 17.0 Å². The molecule has 0 aliphatic heterocycles. The van der Waals surface area contributed by atoms with E-state index in [4.69, 9.17) is 4.74 Å². The maximum Gasteiger partial charge on any atom is 0.228 e. The molecule has 0 radical (unpaired) electrons. The van der Waals surface area contributed by atoms with Crippen LogP contribution in [-0.4, -0.2) is 13.0 Å². The van der Waals surface area contributed by atoms with Crippen LogP contribution in [0.25, 0.3) is 10.8 Å².